The summed E-state index contributed by atoms with van der Waals surface area (Å²) in [6, 6.07) is 27.3. The Kier molecular flexibility index (Phi) is 3.95. The fraction of sp³-hybridized carbons (Fsp3) is 0. The zero-order valence-corrected chi connectivity index (χ0v) is 16.0. The Bertz CT molecular complexity index is 1260. The Morgan fingerprint density at radius 3 is 2.30 bits per heavy atom. The van der Waals surface area contributed by atoms with Crippen molar-refractivity contribution in [2.75, 3.05) is 0 Å². The molecule has 128 valence electrons. The van der Waals surface area contributed by atoms with Gasteiger partial charge in [-0.1, -0.05) is 58.4 Å². The van der Waals surface area contributed by atoms with Gasteiger partial charge >= 0.3 is 0 Å². The van der Waals surface area contributed by atoms with E-state index in [-0.39, 0.29) is 0 Å². The minimum atomic E-state index is 0.970. The SMILES string of the molecule is Brc1ccc(-c2cc(-c3ccncc3)c3c(ccc4ccccc43)n2)cc1. The average Bonchev–Trinajstić information content (AvgIpc) is 2.74. The largest absolute Gasteiger partial charge is 0.265 e. The summed E-state index contributed by atoms with van der Waals surface area (Å²) in [4.78, 5) is 9.16. The molecule has 0 fully saturated rings. The van der Waals surface area contributed by atoms with E-state index in [9.17, 15) is 0 Å². The molecular weight excluding hydrogens is 396 g/mol. The zero-order valence-electron chi connectivity index (χ0n) is 14.4. The van der Waals surface area contributed by atoms with E-state index < -0.39 is 0 Å². The minimum Gasteiger partial charge on any atom is -0.265 e. The van der Waals surface area contributed by atoms with Gasteiger partial charge in [0.2, 0.25) is 0 Å². The highest BCUT2D eigenvalue weighted by Gasteiger charge is 2.12. The van der Waals surface area contributed by atoms with Crippen molar-refractivity contribution in [3.63, 3.8) is 0 Å². The van der Waals surface area contributed by atoms with Crippen LogP contribution in [0.15, 0.2) is 95.7 Å². The lowest BCUT2D eigenvalue weighted by Crippen LogP contribution is -1.91. The first-order valence-corrected chi connectivity index (χ1v) is 9.58. The van der Waals surface area contributed by atoms with Gasteiger partial charge in [-0.25, -0.2) is 4.98 Å². The molecule has 0 N–H and O–H groups in total. The van der Waals surface area contributed by atoms with Crippen molar-refractivity contribution < 1.29 is 0 Å². The van der Waals surface area contributed by atoms with Gasteiger partial charge < -0.3 is 0 Å². The Balaban J connectivity index is 1.88. The molecule has 0 aliphatic heterocycles. The summed E-state index contributed by atoms with van der Waals surface area (Å²) >= 11 is 3.51. The maximum atomic E-state index is 4.98. The second-order valence-electron chi connectivity index (χ2n) is 6.48. The smallest absolute Gasteiger partial charge is 0.0722 e. The van der Waals surface area contributed by atoms with Crippen LogP contribution in [0.2, 0.25) is 0 Å². The second kappa shape index (κ2) is 6.60. The molecule has 0 radical (unpaired) electrons. The lowest BCUT2D eigenvalue weighted by Gasteiger charge is -2.13. The van der Waals surface area contributed by atoms with E-state index in [1.165, 1.54) is 21.7 Å². The fourth-order valence-electron chi connectivity index (χ4n) is 3.53. The molecule has 0 saturated carbocycles. The van der Waals surface area contributed by atoms with Crippen LogP contribution in [0.4, 0.5) is 0 Å². The lowest BCUT2D eigenvalue weighted by atomic mass is 9.95. The second-order valence-corrected chi connectivity index (χ2v) is 7.39. The van der Waals surface area contributed by atoms with Gasteiger partial charge in [0.25, 0.3) is 0 Å². The summed E-state index contributed by atoms with van der Waals surface area (Å²) in [7, 11) is 0. The normalized spacial score (nSPS) is 11.1. The van der Waals surface area contributed by atoms with E-state index in [0.717, 1.165) is 26.8 Å². The van der Waals surface area contributed by atoms with Crippen molar-refractivity contribution in [2.24, 2.45) is 0 Å². The van der Waals surface area contributed by atoms with Crippen molar-refractivity contribution in [2.45, 2.75) is 0 Å². The molecule has 0 aliphatic carbocycles. The van der Waals surface area contributed by atoms with Gasteiger partial charge in [0.15, 0.2) is 0 Å². The van der Waals surface area contributed by atoms with E-state index in [4.69, 9.17) is 4.98 Å². The Labute approximate surface area is 165 Å². The van der Waals surface area contributed by atoms with Crippen molar-refractivity contribution >= 4 is 37.6 Å². The molecule has 0 spiro atoms. The minimum absolute atomic E-state index is 0.970. The summed E-state index contributed by atoms with van der Waals surface area (Å²) in [6.07, 6.45) is 3.68. The highest BCUT2D eigenvalue weighted by Crippen LogP contribution is 2.36. The highest BCUT2D eigenvalue weighted by molar-refractivity contribution is 9.10. The van der Waals surface area contributed by atoms with Crippen LogP contribution in [0.1, 0.15) is 0 Å². The first kappa shape index (κ1) is 16.2. The van der Waals surface area contributed by atoms with Gasteiger partial charge in [0.1, 0.15) is 0 Å². The van der Waals surface area contributed by atoms with E-state index in [0.29, 0.717) is 0 Å². The van der Waals surface area contributed by atoms with Crippen molar-refractivity contribution in [3.8, 4) is 22.4 Å². The number of hydrogen-bond donors (Lipinski definition) is 0. The molecule has 0 amide bonds. The average molecular weight is 411 g/mol. The van der Waals surface area contributed by atoms with Crippen LogP contribution >= 0.6 is 15.9 Å². The topological polar surface area (TPSA) is 25.8 Å². The number of hydrogen-bond acceptors (Lipinski definition) is 2. The third-order valence-corrected chi connectivity index (χ3v) is 5.36. The quantitative estimate of drug-likeness (QED) is 0.296. The molecule has 2 heterocycles. The van der Waals surface area contributed by atoms with Gasteiger partial charge in [-0.15, -0.1) is 0 Å². The molecular formula is C24H15BrN2. The van der Waals surface area contributed by atoms with E-state index >= 15 is 0 Å². The highest BCUT2D eigenvalue weighted by atomic mass is 79.9. The standard InChI is InChI=1S/C24H15BrN2/c25-19-8-5-18(6-9-19)23-15-21(17-11-13-26-14-12-17)24-20-4-2-1-3-16(20)7-10-22(24)27-23/h1-15H. The molecule has 27 heavy (non-hydrogen) atoms. The van der Waals surface area contributed by atoms with Crippen molar-refractivity contribution in [1.82, 2.24) is 9.97 Å². The van der Waals surface area contributed by atoms with E-state index in [2.05, 4.69) is 87.6 Å². The monoisotopic (exact) mass is 410 g/mol. The van der Waals surface area contributed by atoms with Crippen LogP contribution in [0.25, 0.3) is 44.1 Å². The molecule has 2 aromatic heterocycles. The van der Waals surface area contributed by atoms with Gasteiger partial charge in [-0.3, -0.25) is 4.98 Å². The molecule has 0 aliphatic rings. The van der Waals surface area contributed by atoms with Crippen LogP contribution in [0.5, 0.6) is 0 Å². The van der Waals surface area contributed by atoms with Gasteiger partial charge in [-0.2, -0.15) is 0 Å². The third-order valence-electron chi connectivity index (χ3n) is 4.83. The molecule has 5 aromatic rings. The van der Waals surface area contributed by atoms with Crippen LogP contribution < -0.4 is 0 Å². The Hall–Kier alpha value is -3.04. The number of benzene rings is 3. The van der Waals surface area contributed by atoms with Crippen LogP contribution in [-0.2, 0) is 0 Å². The van der Waals surface area contributed by atoms with Gasteiger partial charge in [0, 0.05) is 27.8 Å². The van der Waals surface area contributed by atoms with E-state index in [1.54, 1.807) is 0 Å². The summed E-state index contributed by atoms with van der Waals surface area (Å²) in [6.45, 7) is 0. The lowest BCUT2D eigenvalue weighted by molar-refractivity contribution is 1.33. The first-order chi connectivity index (χ1) is 13.3. The third kappa shape index (κ3) is 2.90. The first-order valence-electron chi connectivity index (χ1n) is 8.78. The molecule has 2 nitrogen and oxygen atoms in total. The van der Waals surface area contributed by atoms with Crippen LogP contribution in [0.3, 0.4) is 0 Å². The Morgan fingerprint density at radius 2 is 1.48 bits per heavy atom. The molecule has 5 rings (SSSR count). The molecule has 3 heteroatoms. The van der Waals surface area contributed by atoms with E-state index in [1.807, 2.05) is 24.5 Å². The van der Waals surface area contributed by atoms with Crippen molar-refractivity contribution in [1.29, 1.82) is 0 Å². The fourth-order valence-corrected chi connectivity index (χ4v) is 3.80. The molecule has 3 aromatic carbocycles. The van der Waals surface area contributed by atoms with Gasteiger partial charge in [0.05, 0.1) is 11.2 Å². The zero-order chi connectivity index (χ0) is 18.2. The number of halogens is 1. The maximum absolute atomic E-state index is 4.98. The number of fused-ring (bicyclic) bond motifs is 3. The number of aromatic nitrogens is 2. The van der Waals surface area contributed by atoms with Crippen LogP contribution in [-0.4, -0.2) is 9.97 Å². The maximum Gasteiger partial charge on any atom is 0.0722 e. The molecule has 0 saturated heterocycles. The summed E-state index contributed by atoms with van der Waals surface area (Å²) in [5.41, 5.74) is 5.39. The summed E-state index contributed by atoms with van der Waals surface area (Å²) in [5.74, 6) is 0. The molecule has 0 atom stereocenters. The van der Waals surface area contributed by atoms with Crippen molar-refractivity contribution in [3.05, 3.63) is 95.7 Å². The predicted octanol–water partition coefficient (Wildman–Crippen LogP) is 6.88. The number of nitrogens with zero attached hydrogens (tertiary/aromatic N) is 2. The summed E-state index contributed by atoms with van der Waals surface area (Å²) < 4.78 is 1.06. The number of rotatable bonds is 2. The summed E-state index contributed by atoms with van der Waals surface area (Å²) in [5, 5.41) is 3.62. The number of pyridine rings is 2. The predicted molar refractivity (Wildman–Crippen MR) is 116 cm³/mol. The van der Waals surface area contributed by atoms with Crippen LogP contribution in [0, 0.1) is 0 Å². The van der Waals surface area contributed by atoms with Gasteiger partial charge in [-0.05, 0) is 58.3 Å². The molecule has 0 bridgehead atoms. The Morgan fingerprint density at radius 1 is 0.704 bits per heavy atom. The molecule has 0 unspecified atom stereocenters.